The van der Waals surface area contributed by atoms with Crippen molar-refractivity contribution in [2.75, 3.05) is 19.7 Å². The van der Waals surface area contributed by atoms with Crippen molar-refractivity contribution >= 4 is 11.8 Å². The van der Waals surface area contributed by atoms with Crippen LogP contribution in [0.5, 0.6) is 0 Å². The summed E-state index contributed by atoms with van der Waals surface area (Å²) in [6.07, 6.45) is 1.71. The van der Waals surface area contributed by atoms with Gasteiger partial charge in [-0.25, -0.2) is 0 Å². The summed E-state index contributed by atoms with van der Waals surface area (Å²) in [4.78, 5) is 22.9. The Morgan fingerprint density at radius 3 is 2.33 bits per heavy atom. The standard InChI is InChI=1S/C13H26N2O3/c1-10(9-16)6-5-7-14-11(17)8-15-12(18)13(2,3)4/h10,16H,5-9H2,1-4H3,(H,14,17)(H,15,18). The molecule has 0 spiro atoms. The topological polar surface area (TPSA) is 78.4 Å². The molecule has 0 aliphatic carbocycles. The van der Waals surface area contributed by atoms with Gasteiger partial charge in [0.2, 0.25) is 11.8 Å². The smallest absolute Gasteiger partial charge is 0.239 e. The molecule has 0 aromatic carbocycles. The molecular weight excluding hydrogens is 232 g/mol. The maximum absolute atomic E-state index is 11.5. The molecule has 0 fully saturated rings. The Morgan fingerprint density at radius 2 is 1.83 bits per heavy atom. The van der Waals surface area contributed by atoms with Gasteiger partial charge < -0.3 is 15.7 Å². The Kier molecular flexibility index (Phi) is 7.59. The van der Waals surface area contributed by atoms with Crippen LogP contribution in [0, 0.1) is 11.3 Å². The number of hydrogen-bond acceptors (Lipinski definition) is 3. The van der Waals surface area contributed by atoms with Crippen LogP contribution in [0.3, 0.4) is 0 Å². The molecule has 1 unspecified atom stereocenters. The van der Waals surface area contributed by atoms with E-state index in [1.54, 1.807) is 20.8 Å². The van der Waals surface area contributed by atoms with E-state index in [9.17, 15) is 9.59 Å². The van der Waals surface area contributed by atoms with Gasteiger partial charge in [0.05, 0.1) is 6.54 Å². The van der Waals surface area contributed by atoms with E-state index in [0.717, 1.165) is 12.8 Å². The van der Waals surface area contributed by atoms with Crippen molar-refractivity contribution in [1.29, 1.82) is 0 Å². The minimum Gasteiger partial charge on any atom is -0.396 e. The molecule has 2 amide bonds. The molecule has 5 nitrogen and oxygen atoms in total. The lowest BCUT2D eigenvalue weighted by Crippen LogP contribution is -2.41. The zero-order chi connectivity index (χ0) is 14.2. The zero-order valence-corrected chi connectivity index (χ0v) is 11.9. The number of amides is 2. The first-order chi connectivity index (χ1) is 8.27. The second-order valence-corrected chi connectivity index (χ2v) is 5.71. The van der Waals surface area contributed by atoms with Crippen molar-refractivity contribution in [3.05, 3.63) is 0 Å². The number of hydrogen-bond donors (Lipinski definition) is 3. The van der Waals surface area contributed by atoms with Crippen LogP contribution in [-0.2, 0) is 9.59 Å². The Bertz CT molecular complexity index is 272. The Balaban J connectivity index is 3.64. The summed E-state index contributed by atoms with van der Waals surface area (Å²) < 4.78 is 0. The number of carbonyl (C=O) groups excluding carboxylic acids is 2. The van der Waals surface area contributed by atoms with E-state index in [1.165, 1.54) is 0 Å². The quantitative estimate of drug-likeness (QED) is 0.587. The van der Waals surface area contributed by atoms with E-state index in [-0.39, 0.29) is 30.9 Å². The number of aliphatic hydroxyl groups is 1. The van der Waals surface area contributed by atoms with Crippen LogP contribution in [-0.4, -0.2) is 36.6 Å². The Hall–Kier alpha value is -1.10. The zero-order valence-electron chi connectivity index (χ0n) is 11.9. The van der Waals surface area contributed by atoms with Crippen LogP contribution < -0.4 is 10.6 Å². The average Bonchev–Trinajstić information content (AvgIpc) is 2.29. The molecule has 0 bridgehead atoms. The van der Waals surface area contributed by atoms with Gasteiger partial charge in [0.15, 0.2) is 0 Å². The second kappa shape index (κ2) is 8.08. The summed E-state index contributed by atoms with van der Waals surface area (Å²) in [7, 11) is 0. The van der Waals surface area contributed by atoms with Gasteiger partial charge in [-0.15, -0.1) is 0 Å². The predicted molar refractivity (Wildman–Crippen MR) is 71.0 cm³/mol. The Morgan fingerprint density at radius 1 is 1.22 bits per heavy atom. The molecule has 0 heterocycles. The molecule has 0 aromatic heterocycles. The summed E-state index contributed by atoms with van der Waals surface area (Å²) in [6.45, 7) is 8.14. The van der Waals surface area contributed by atoms with Crippen molar-refractivity contribution in [2.24, 2.45) is 11.3 Å². The highest BCUT2D eigenvalue weighted by Gasteiger charge is 2.21. The van der Waals surface area contributed by atoms with Crippen molar-refractivity contribution < 1.29 is 14.7 Å². The summed E-state index contributed by atoms with van der Waals surface area (Å²) in [6, 6.07) is 0. The summed E-state index contributed by atoms with van der Waals surface area (Å²) in [5.74, 6) is -0.0432. The lowest BCUT2D eigenvalue weighted by atomic mass is 9.96. The highest BCUT2D eigenvalue weighted by Crippen LogP contribution is 2.11. The van der Waals surface area contributed by atoms with Gasteiger partial charge in [-0.05, 0) is 18.8 Å². The molecule has 0 saturated carbocycles. The third-order valence-electron chi connectivity index (χ3n) is 2.60. The van der Waals surface area contributed by atoms with Crippen LogP contribution in [0.2, 0.25) is 0 Å². The van der Waals surface area contributed by atoms with Gasteiger partial charge in [0, 0.05) is 18.6 Å². The molecule has 0 saturated heterocycles. The fourth-order valence-electron chi connectivity index (χ4n) is 1.26. The highest BCUT2D eigenvalue weighted by atomic mass is 16.3. The van der Waals surface area contributed by atoms with E-state index in [1.807, 2.05) is 6.92 Å². The van der Waals surface area contributed by atoms with Crippen LogP contribution in [0.15, 0.2) is 0 Å². The molecule has 0 aromatic rings. The maximum atomic E-state index is 11.5. The minimum absolute atomic E-state index is 0.0195. The lowest BCUT2D eigenvalue weighted by molar-refractivity contribution is -0.131. The van der Waals surface area contributed by atoms with Gasteiger partial charge in [-0.2, -0.15) is 0 Å². The van der Waals surface area contributed by atoms with E-state index < -0.39 is 5.41 Å². The first-order valence-corrected chi connectivity index (χ1v) is 6.43. The van der Waals surface area contributed by atoms with Gasteiger partial charge in [0.1, 0.15) is 0 Å². The molecule has 18 heavy (non-hydrogen) atoms. The summed E-state index contributed by atoms with van der Waals surface area (Å²) in [5.41, 5.74) is -0.475. The largest absolute Gasteiger partial charge is 0.396 e. The van der Waals surface area contributed by atoms with Gasteiger partial charge in [-0.3, -0.25) is 9.59 Å². The molecule has 5 heteroatoms. The number of aliphatic hydroxyl groups excluding tert-OH is 1. The van der Waals surface area contributed by atoms with E-state index in [0.29, 0.717) is 6.54 Å². The SMILES string of the molecule is CC(CO)CCCNC(=O)CNC(=O)C(C)(C)C. The molecule has 1 atom stereocenters. The van der Waals surface area contributed by atoms with Crippen LogP contribution >= 0.6 is 0 Å². The van der Waals surface area contributed by atoms with Gasteiger partial charge >= 0.3 is 0 Å². The second-order valence-electron chi connectivity index (χ2n) is 5.71. The third-order valence-corrected chi connectivity index (χ3v) is 2.60. The van der Waals surface area contributed by atoms with Crippen molar-refractivity contribution in [3.8, 4) is 0 Å². The van der Waals surface area contributed by atoms with E-state index in [2.05, 4.69) is 10.6 Å². The maximum Gasteiger partial charge on any atom is 0.239 e. The van der Waals surface area contributed by atoms with Gasteiger partial charge in [-0.1, -0.05) is 27.7 Å². The fraction of sp³-hybridized carbons (Fsp3) is 0.846. The number of nitrogens with one attached hydrogen (secondary N) is 2. The summed E-state index contributed by atoms with van der Waals surface area (Å²) in [5, 5.41) is 14.2. The molecule has 0 aliphatic rings. The highest BCUT2D eigenvalue weighted by molar-refractivity contribution is 5.87. The molecule has 106 valence electrons. The van der Waals surface area contributed by atoms with Crippen LogP contribution in [0.1, 0.15) is 40.5 Å². The van der Waals surface area contributed by atoms with E-state index in [4.69, 9.17) is 5.11 Å². The average molecular weight is 258 g/mol. The molecule has 0 rings (SSSR count). The molecule has 0 aliphatic heterocycles. The van der Waals surface area contributed by atoms with Crippen LogP contribution in [0.25, 0.3) is 0 Å². The van der Waals surface area contributed by atoms with Crippen LogP contribution in [0.4, 0.5) is 0 Å². The van der Waals surface area contributed by atoms with Crippen molar-refractivity contribution in [1.82, 2.24) is 10.6 Å². The van der Waals surface area contributed by atoms with Crippen molar-refractivity contribution in [2.45, 2.75) is 40.5 Å². The molecule has 3 N–H and O–H groups in total. The first kappa shape index (κ1) is 16.9. The predicted octanol–water partition coefficient (Wildman–Crippen LogP) is 0.673. The normalized spacial score (nSPS) is 12.9. The van der Waals surface area contributed by atoms with E-state index >= 15 is 0 Å². The summed E-state index contributed by atoms with van der Waals surface area (Å²) >= 11 is 0. The third kappa shape index (κ3) is 8.06. The monoisotopic (exact) mass is 258 g/mol. The Labute approximate surface area is 109 Å². The molecule has 0 radical (unpaired) electrons. The molecular formula is C13H26N2O3. The van der Waals surface area contributed by atoms with Crippen molar-refractivity contribution in [3.63, 3.8) is 0 Å². The minimum atomic E-state index is -0.475. The fourth-order valence-corrected chi connectivity index (χ4v) is 1.26. The first-order valence-electron chi connectivity index (χ1n) is 6.43. The number of rotatable bonds is 7. The van der Waals surface area contributed by atoms with Gasteiger partial charge in [0.25, 0.3) is 0 Å². The number of carbonyl (C=O) groups is 2. The lowest BCUT2D eigenvalue weighted by Gasteiger charge is -2.17.